The molecule has 2 heteroatoms. The lowest BCUT2D eigenvalue weighted by atomic mass is 9.88. The van der Waals surface area contributed by atoms with Gasteiger partial charge in [-0.1, -0.05) is 114 Å². The van der Waals surface area contributed by atoms with E-state index in [0.29, 0.717) is 5.92 Å². The summed E-state index contributed by atoms with van der Waals surface area (Å²) in [5, 5.41) is 0. The second-order valence-electron chi connectivity index (χ2n) is 9.69. The lowest BCUT2D eigenvalue weighted by Gasteiger charge is -2.17. The molecule has 0 fully saturated rings. The first-order valence-electron chi connectivity index (χ1n) is 13.4. The van der Waals surface area contributed by atoms with Crippen molar-refractivity contribution >= 4 is 0 Å². The van der Waals surface area contributed by atoms with Crippen LogP contribution in [0.25, 0.3) is 11.1 Å². The highest BCUT2D eigenvalue weighted by Crippen LogP contribution is 2.32. The van der Waals surface area contributed by atoms with Crippen LogP contribution in [0.1, 0.15) is 107 Å². The molecule has 0 saturated carbocycles. The molecule has 0 aliphatic heterocycles. The van der Waals surface area contributed by atoms with Gasteiger partial charge in [0.05, 0.1) is 0 Å². The van der Waals surface area contributed by atoms with Crippen LogP contribution >= 0.6 is 0 Å². The van der Waals surface area contributed by atoms with E-state index in [1.165, 1.54) is 99.3 Å². The SMILES string of the molecule is CCCCCCCCCc1ccc(-c2ccccc2C(C)CCCCCc2ncc[nH]2)cc1. The standard InChI is InChI=1S/C31H44N2/c1-3-4-5-6-7-8-11-16-27-20-22-28(23-21-27)30-18-14-13-17-29(30)26(2)15-10-9-12-19-31-32-24-25-33-31/h13-14,17-18,20-26H,3-12,15-16,19H2,1-2H3,(H,32,33). The summed E-state index contributed by atoms with van der Waals surface area (Å²) in [6.07, 6.45) is 20.6. The molecular formula is C31H44N2. The van der Waals surface area contributed by atoms with Crippen LogP contribution in [0.3, 0.4) is 0 Å². The van der Waals surface area contributed by atoms with E-state index in [9.17, 15) is 0 Å². The van der Waals surface area contributed by atoms with Gasteiger partial charge in [0, 0.05) is 18.8 Å². The van der Waals surface area contributed by atoms with Crippen molar-refractivity contribution in [1.82, 2.24) is 9.97 Å². The Balaban J connectivity index is 1.45. The van der Waals surface area contributed by atoms with E-state index in [1.54, 1.807) is 0 Å². The molecule has 1 atom stereocenters. The minimum atomic E-state index is 0.581. The molecule has 0 bridgehead atoms. The summed E-state index contributed by atoms with van der Waals surface area (Å²) in [5.41, 5.74) is 5.74. The maximum absolute atomic E-state index is 4.33. The Morgan fingerprint density at radius 2 is 1.45 bits per heavy atom. The lowest BCUT2D eigenvalue weighted by molar-refractivity contribution is 0.581. The number of hydrogen-bond donors (Lipinski definition) is 1. The molecule has 0 amide bonds. The summed E-state index contributed by atoms with van der Waals surface area (Å²) in [5.74, 6) is 1.70. The minimum Gasteiger partial charge on any atom is -0.349 e. The third-order valence-electron chi connectivity index (χ3n) is 6.93. The number of unbranched alkanes of at least 4 members (excludes halogenated alkanes) is 8. The van der Waals surface area contributed by atoms with Gasteiger partial charge in [-0.05, 0) is 53.9 Å². The van der Waals surface area contributed by atoms with E-state index in [1.807, 2.05) is 12.4 Å². The average Bonchev–Trinajstić information content (AvgIpc) is 3.37. The van der Waals surface area contributed by atoms with Crippen molar-refractivity contribution in [3.63, 3.8) is 0 Å². The summed E-state index contributed by atoms with van der Waals surface area (Å²) in [6, 6.07) is 18.4. The highest BCUT2D eigenvalue weighted by molar-refractivity contribution is 5.68. The quantitative estimate of drug-likeness (QED) is 0.219. The minimum absolute atomic E-state index is 0.581. The van der Waals surface area contributed by atoms with Crippen LogP contribution in [-0.4, -0.2) is 9.97 Å². The molecule has 0 aliphatic rings. The second-order valence-corrected chi connectivity index (χ2v) is 9.69. The Hall–Kier alpha value is -2.35. The number of aryl methyl sites for hydroxylation is 2. The fourth-order valence-electron chi connectivity index (χ4n) is 4.84. The summed E-state index contributed by atoms with van der Waals surface area (Å²) in [4.78, 5) is 7.53. The summed E-state index contributed by atoms with van der Waals surface area (Å²) in [7, 11) is 0. The van der Waals surface area contributed by atoms with Crippen LogP contribution in [0.5, 0.6) is 0 Å². The molecule has 1 unspecified atom stereocenters. The molecule has 3 aromatic rings. The number of benzene rings is 2. The fourth-order valence-corrected chi connectivity index (χ4v) is 4.84. The molecule has 1 N–H and O–H groups in total. The van der Waals surface area contributed by atoms with E-state index in [2.05, 4.69) is 72.3 Å². The van der Waals surface area contributed by atoms with Gasteiger partial charge in [-0.25, -0.2) is 4.98 Å². The van der Waals surface area contributed by atoms with Gasteiger partial charge in [-0.3, -0.25) is 0 Å². The van der Waals surface area contributed by atoms with Crippen LogP contribution in [0.4, 0.5) is 0 Å². The Bertz CT molecular complexity index is 880. The number of rotatable bonds is 16. The van der Waals surface area contributed by atoms with Gasteiger partial charge in [0.15, 0.2) is 0 Å². The third kappa shape index (κ3) is 8.84. The predicted molar refractivity (Wildman–Crippen MR) is 143 cm³/mol. The second kappa shape index (κ2) is 14.7. The molecular weight excluding hydrogens is 400 g/mol. The van der Waals surface area contributed by atoms with E-state index in [0.717, 1.165) is 12.2 Å². The molecule has 2 aromatic carbocycles. The van der Waals surface area contributed by atoms with Gasteiger partial charge in [-0.2, -0.15) is 0 Å². The van der Waals surface area contributed by atoms with Gasteiger partial charge in [-0.15, -0.1) is 0 Å². The molecule has 2 nitrogen and oxygen atoms in total. The number of hydrogen-bond acceptors (Lipinski definition) is 1. The summed E-state index contributed by atoms with van der Waals surface area (Å²) < 4.78 is 0. The van der Waals surface area contributed by atoms with Crippen molar-refractivity contribution < 1.29 is 0 Å². The zero-order valence-electron chi connectivity index (χ0n) is 21.0. The smallest absolute Gasteiger partial charge is 0.105 e. The first-order valence-corrected chi connectivity index (χ1v) is 13.4. The van der Waals surface area contributed by atoms with Crippen LogP contribution in [0, 0.1) is 0 Å². The van der Waals surface area contributed by atoms with Gasteiger partial charge >= 0.3 is 0 Å². The van der Waals surface area contributed by atoms with Gasteiger partial charge in [0.1, 0.15) is 5.82 Å². The highest BCUT2D eigenvalue weighted by Gasteiger charge is 2.12. The van der Waals surface area contributed by atoms with E-state index < -0.39 is 0 Å². The topological polar surface area (TPSA) is 28.7 Å². The van der Waals surface area contributed by atoms with Crippen LogP contribution in [0.15, 0.2) is 60.9 Å². The van der Waals surface area contributed by atoms with Crippen LogP contribution in [-0.2, 0) is 12.8 Å². The van der Waals surface area contributed by atoms with Crippen LogP contribution < -0.4 is 0 Å². The van der Waals surface area contributed by atoms with Crippen molar-refractivity contribution in [3.8, 4) is 11.1 Å². The van der Waals surface area contributed by atoms with Crippen molar-refractivity contribution in [2.24, 2.45) is 0 Å². The number of aromatic nitrogens is 2. The first kappa shape index (κ1) is 25.3. The molecule has 3 rings (SSSR count). The van der Waals surface area contributed by atoms with E-state index in [4.69, 9.17) is 0 Å². The predicted octanol–water partition coefficient (Wildman–Crippen LogP) is 9.28. The molecule has 178 valence electrons. The molecule has 0 aliphatic carbocycles. The number of nitrogens with one attached hydrogen (secondary N) is 1. The maximum Gasteiger partial charge on any atom is 0.105 e. The third-order valence-corrected chi connectivity index (χ3v) is 6.93. The molecule has 33 heavy (non-hydrogen) atoms. The number of imidazole rings is 1. The van der Waals surface area contributed by atoms with Crippen molar-refractivity contribution in [2.75, 3.05) is 0 Å². The molecule has 1 heterocycles. The maximum atomic E-state index is 4.33. The van der Waals surface area contributed by atoms with Crippen molar-refractivity contribution in [2.45, 2.75) is 103 Å². The Labute approximate surface area is 202 Å². The zero-order chi connectivity index (χ0) is 23.1. The molecule has 0 saturated heterocycles. The van der Waals surface area contributed by atoms with E-state index in [-0.39, 0.29) is 0 Å². The van der Waals surface area contributed by atoms with E-state index >= 15 is 0 Å². The van der Waals surface area contributed by atoms with Gasteiger partial charge in [0.2, 0.25) is 0 Å². The molecule has 0 spiro atoms. The normalized spacial score (nSPS) is 12.2. The van der Waals surface area contributed by atoms with Gasteiger partial charge < -0.3 is 4.98 Å². The summed E-state index contributed by atoms with van der Waals surface area (Å²) in [6.45, 7) is 4.68. The Morgan fingerprint density at radius 1 is 0.758 bits per heavy atom. The zero-order valence-corrected chi connectivity index (χ0v) is 21.0. The van der Waals surface area contributed by atoms with Crippen LogP contribution in [0.2, 0.25) is 0 Å². The van der Waals surface area contributed by atoms with Crippen molar-refractivity contribution in [3.05, 3.63) is 77.9 Å². The first-order chi connectivity index (χ1) is 16.3. The van der Waals surface area contributed by atoms with Crippen molar-refractivity contribution in [1.29, 1.82) is 0 Å². The Morgan fingerprint density at radius 3 is 2.21 bits per heavy atom. The lowest BCUT2D eigenvalue weighted by Crippen LogP contribution is -1.98. The number of H-pyrrole nitrogens is 1. The number of aromatic amines is 1. The fraction of sp³-hybridized carbons (Fsp3) is 0.516. The monoisotopic (exact) mass is 444 g/mol. The number of nitrogens with zero attached hydrogens (tertiary/aromatic N) is 1. The Kier molecular flexibility index (Phi) is 11.3. The highest BCUT2D eigenvalue weighted by atomic mass is 14.9. The van der Waals surface area contributed by atoms with Gasteiger partial charge in [0.25, 0.3) is 0 Å². The average molecular weight is 445 g/mol. The molecule has 1 aromatic heterocycles. The molecule has 0 radical (unpaired) electrons. The largest absolute Gasteiger partial charge is 0.349 e. The summed E-state index contributed by atoms with van der Waals surface area (Å²) >= 11 is 0.